The van der Waals surface area contributed by atoms with Gasteiger partial charge in [-0.05, 0) is 18.6 Å². The maximum atomic E-state index is 12.0. The van der Waals surface area contributed by atoms with Crippen LogP contribution >= 0.6 is 0 Å². The van der Waals surface area contributed by atoms with Gasteiger partial charge in [-0.15, -0.1) is 0 Å². The zero-order chi connectivity index (χ0) is 13.7. The Bertz CT molecular complexity index is 474. The predicted octanol–water partition coefficient (Wildman–Crippen LogP) is 1.31. The van der Waals surface area contributed by atoms with Crippen LogP contribution in [0.1, 0.15) is 31.0 Å². The first-order chi connectivity index (χ1) is 9.20. The molecule has 0 saturated heterocycles. The van der Waals surface area contributed by atoms with Gasteiger partial charge in [0, 0.05) is 37.8 Å². The highest BCUT2D eigenvalue weighted by Gasteiger charge is 2.21. The van der Waals surface area contributed by atoms with E-state index in [1.807, 2.05) is 12.1 Å². The molecule has 0 saturated carbocycles. The molecule has 1 amide bonds. The Morgan fingerprint density at radius 1 is 1.42 bits per heavy atom. The van der Waals surface area contributed by atoms with E-state index in [0.717, 1.165) is 17.7 Å². The number of hydrogen-bond acceptors (Lipinski definition) is 4. The molecule has 2 heterocycles. The lowest BCUT2D eigenvalue weighted by Crippen LogP contribution is -2.36. The molecule has 1 aliphatic rings. The van der Waals surface area contributed by atoms with Crippen molar-refractivity contribution in [1.29, 1.82) is 0 Å². The van der Waals surface area contributed by atoms with Crippen LogP contribution in [-0.4, -0.2) is 34.9 Å². The number of carbonyl (C=O) groups excluding carboxylic acids is 2. The van der Waals surface area contributed by atoms with Crippen molar-refractivity contribution in [3.63, 3.8) is 0 Å². The number of esters is 1. The standard InChI is InChI=1S/C14H18N2O3/c1-2-19-14(18)6-5-13(17)16-9-7-12-11(10-16)4-3-8-15-12/h3-4,8H,2,5-7,9-10H2,1H3. The van der Waals surface area contributed by atoms with Gasteiger partial charge >= 0.3 is 5.97 Å². The number of amides is 1. The van der Waals surface area contributed by atoms with Gasteiger partial charge in [-0.25, -0.2) is 0 Å². The molecule has 0 fully saturated rings. The summed E-state index contributed by atoms with van der Waals surface area (Å²) in [5.74, 6) is -0.308. The van der Waals surface area contributed by atoms with E-state index < -0.39 is 0 Å². The first-order valence-electron chi connectivity index (χ1n) is 6.57. The summed E-state index contributed by atoms with van der Waals surface area (Å²) >= 11 is 0. The van der Waals surface area contributed by atoms with Gasteiger partial charge in [0.05, 0.1) is 13.0 Å². The van der Waals surface area contributed by atoms with Crippen molar-refractivity contribution in [3.05, 3.63) is 29.6 Å². The van der Waals surface area contributed by atoms with Gasteiger partial charge in [-0.1, -0.05) is 6.07 Å². The van der Waals surface area contributed by atoms with Crippen molar-refractivity contribution < 1.29 is 14.3 Å². The molecule has 2 rings (SSSR count). The molecule has 0 spiro atoms. The SMILES string of the molecule is CCOC(=O)CCC(=O)N1CCc2ncccc2C1. The molecule has 19 heavy (non-hydrogen) atoms. The van der Waals surface area contributed by atoms with E-state index in [1.54, 1.807) is 18.0 Å². The summed E-state index contributed by atoms with van der Waals surface area (Å²) in [6, 6.07) is 3.87. The quantitative estimate of drug-likeness (QED) is 0.768. The van der Waals surface area contributed by atoms with Crippen LogP contribution in [0.2, 0.25) is 0 Å². The van der Waals surface area contributed by atoms with Crippen LogP contribution in [0.25, 0.3) is 0 Å². The monoisotopic (exact) mass is 262 g/mol. The lowest BCUT2D eigenvalue weighted by molar-refractivity contribution is -0.145. The molecule has 1 aromatic heterocycles. The fourth-order valence-corrected chi connectivity index (χ4v) is 2.18. The van der Waals surface area contributed by atoms with Crippen molar-refractivity contribution in [2.24, 2.45) is 0 Å². The Morgan fingerprint density at radius 3 is 3.05 bits per heavy atom. The van der Waals surface area contributed by atoms with Crippen LogP contribution in [0.5, 0.6) is 0 Å². The highest BCUT2D eigenvalue weighted by Crippen LogP contribution is 2.17. The van der Waals surface area contributed by atoms with Crippen LogP contribution in [0.15, 0.2) is 18.3 Å². The second kappa shape index (κ2) is 6.31. The van der Waals surface area contributed by atoms with Crippen molar-refractivity contribution in [2.45, 2.75) is 32.7 Å². The highest BCUT2D eigenvalue weighted by molar-refractivity contribution is 5.81. The van der Waals surface area contributed by atoms with E-state index in [0.29, 0.717) is 19.7 Å². The van der Waals surface area contributed by atoms with E-state index >= 15 is 0 Å². The Kier molecular flexibility index (Phi) is 4.49. The molecular formula is C14H18N2O3. The molecule has 0 bridgehead atoms. The van der Waals surface area contributed by atoms with Gasteiger partial charge in [-0.3, -0.25) is 14.6 Å². The molecule has 0 aromatic carbocycles. The van der Waals surface area contributed by atoms with Gasteiger partial charge in [-0.2, -0.15) is 0 Å². The van der Waals surface area contributed by atoms with Crippen LogP contribution < -0.4 is 0 Å². The first-order valence-corrected chi connectivity index (χ1v) is 6.57. The third-order valence-corrected chi connectivity index (χ3v) is 3.17. The number of fused-ring (bicyclic) bond motifs is 1. The van der Waals surface area contributed by atoms with Crippen molar-refractivity contribution >= 4 is 11.9 Å². The van der Waals surface area contributed by atoms with Gasteiger partial charge in [0.25, 0.3) is 0 Å². The lowest BCUT2D eigenvalue weighted by Gasteiger charge is -2.28. The second-order valence-corrected chi connectivity index (χ2v) is 4.48. The van der Waals surface area contributed by atoms with E-state index in [1.165, 1.54) is 0 Å². The molecule has 0 radical (unpaired) electrons. The average molecular weight is 262 g/mol. The zero-order valence-corrected chi connectivity index (χ0v) is 11.1. The number of hydrogen-bond donors (Lipinski definition) is 0. The van der Waals surface area contributed by atoms with Gasteiger partial charge in [0.1, 0.15) is 0 Å². The molecule has 102 valence electrons. The number of ether oxygens (including phenoxy) is 1. The average Bonchev–Trinajstić information content (AvgIpc) is 2.44. The molecule has 5 nitrogen and oxygen atoms in total. The number of aromatic nitrogens is 1. The van der Waals surface area contributed by atoms with Gasteiger partial charge < -0.3 is 9.64 Å². The maximum absolute atomic E-state index is 12.0. The first kappa shape index (κ1) is 13.5. The minimum absolute atomic E-state index is 0.00237. The minimum atomic E-state index is -0.310. The molecule has 0 unspecified atom stereocenters. The zero-order valence-electron chi connectivity index (χ0n) is 11.1. The maximum Gasteiger partial charge on any atom is 0.306 e. The van der Waals surface area contributed by atoms with Gasteiger partial charge in [0.15, 0.2) is 0 Å². The summed E-state index contributed by atoms with van der Waals surface area (Å²) in [5, 5.41) is 0. The largest absolute Gasteiger partial charge is 0.466 e. The molecule has 0 N–H and O–H groups in total. The summed E-state index contributed by atoms with van der Waals surface area (Å²) in [6.45, 7) is 3.38. The molecule has 1 aromatic rings. The number of nitrogens with zero attached hydrogens (tertiary/aromatic N) is 2. The Balaban J connectivity index is 1.87. The van der Waals surface area contributed by atoms with Crippen molar-refractivity contribution in [3.8, 4) is 0 Å². The number of rotatable bonds is 4. The topological polar surface area (TPSA) is 59.5 Å². The molecule has 0 aliphatic carbocycles. The minimum Gasteiger partial charge on any atom is -0.466 e. The Morgan fingerprint density at radius 2 is 2.26 bits per heavy atom. The number of carbonyl (C=O) groups is 2. The lowest BCUT2D eigenvalue weighted by atomic mass is 10.1. The van der Waals surface area contributed by atoms with Crippen LogP contribution in [0.4, 0.5) is 0 Å². The van der Waals surface area contributed by atoms with Crippen molar-refractivity contribution in [2.75, 3.05) is 13.2 Å². The highest BCUT2D eigenvalue weighted by atomic mass is 16.5. The Labute approximate surface area is 112 Å². The Hall–Kier alpha value is -1.91. The second-order valence-electron chi connectivity index (χ2n) is 4.48. The normalized spacial score (nSPS) is 13.8. The molecule has 0 atom stereocenters. The smallest absolute Gasteiger partial charge is 0.306 e. The third kappa shape index (κ3) is 3.53. The predicted molar refractivity (Wildman–Crippen MR) is 69.2 cm³/mol. The summed E-state index contributed by atoms with van der Waals surface area (Å²) in [5.41, 5.74) is 2.16. The van der Waals surface area contributed by atoms with Crippen LogP contribution in [0.3, 0.4) is 0 Å². The molecule has 5 heteroatoms. The molecular weight excluding hydrogens is 244 g/mol. The summed E-state index contributed by atoms with van der Waals surface area (Å²) in [7, 11) is 0. The van der Waals surface area contributed by atoms with Crippen LogP contribution in [0, 0.1) is 0 Å². The van der Waals surface area contributed by atoms with E-state index in [9.17, 15) is 9.59 Å². The fraction of sp³-hybridized carbons (Fsp3) is 0.500. The number of pyridine rings is 1. The summed E-state index contributed by atoms with van der Waals surface area (Å²) in [6.07, 6.45) is 2.93. The van der Waals surface area contributed by atoms with Gasteiger partial charge in [0.2, 0.25) is 5.91 Å². The fourth-order valence-electron chi connectivity index (χ4n) is 2.18. The molecule has 1 aliphatic heterocycles. The van der Waals surface area contributed by atoms with Crippen LogP contribution in [-0.2, 0) is 27.3 Å². The van der Waals surface area contributed by atoms with Crippen molar-refractivity contribution in [1.82, 2.24) is 9.88 Å². The summed E-state index contributed by atoms with van der Waals surface area (Å²) < 4.78 is 4.82. The van der Waals surface area contributed by atoms with E-state index in [-0.39, 0.29) is 24.7 Å². The summed E-state index contributed by atoms with van der Waals surface area (Å²) in [4.78, 5) is 29.3. The van der Waals surface area contributed by atoms with E-state index in [4.69, 9.17) is 4.74 Å². The van der Waals surface area contributed by atoms with E-state index in [2.05, 4.69) is 4.98 Å². The third-order valence-electron chi connectivity index (χ3n) is 3.17.